The van der Waals surface area contributed by atoms with E-state index in [4.69, 9.17) is 5.11 Å². The fraction of sp³-hybridized carbons (Fsp3) is 0.571. The van der Waals surface area contributed by atoms with Crippen LogP contribution in [-0.4, -0.2) is 22.9 Å². The van der Waals surface area contributed by atoms with E-state index in [0.29, 0.717) is 18.5 Å². The zero-order valence-corrected chi connectivity index (χ0v) is 11.2. The third kappa shape index (κ3) is 3.96. The summed E-state index contributed by atoms with van der Waals surface area (Å²) in [6, 6.07) is 4.59. The van der Waals surface area contributed by atoms with Crippen molar-refractivity contribution in [1.82, 2.24) is 5.32 Å². The van der Waals surface area contributed by atoms with Crippen LogP contribution in [0.25, 0.3) is 0 Å². The van der Waals surface area contributed by atoms with Gasteiger partial charge in [-0.2, -0.15) is 0 Å². The van der Waals surface area contributed by atoms with Gasteiger partial charge >= 0.3 is 0 Å². The molecule has 0 aliphatic carbocycles. The van der Waals surface area contributed by atoms with Crippen molar-refractivity contribution in [2.45, 2.75) is 39.8 Å². The highest BCUT2D eigenvalue weighted by Crippen LogP contribution is 2.24. The van der Waals surface area contributed by atoms with E-state index in [2.05, 4.69) is 26.1 Å². The highest BCUT2D eigenvalue weighted by Gasteiger charge is 2.23. The number of benzene rings is 1. The first-order chi connectivity index (χ1) is 8.36. The summed E-state index contributed by atoms with van der Waals surface area (Å²) in [5.41, 5.74) is 0.522. The van der Waals surface area contributed by atoms with Gasteiger partial charge in [0, 0.05) is 24.8 Å². The number of hydrogen-bond acceptors (Lipinski definition) is 3. The van der Waals surface area contributed by atoms with Crippen LogP contribution in [0.4, 0.5) is 4.39 Å². The number of aromatic hydroxyl groups is 1. The summed E-state index contributed by atoms with van der Waals surface area (Å²) in [5.74, 6) is -0.912. The van der Waals surface area contributed by atoms with Crippen molar-refractivity contribution in [1.29, 1.82) is 0 Å². The molecular formula is C14H22FNO2. The summed E-state index contributed by atoms with van der Waals surface area (Å²) in [4.78, 5) is 0. The van der Waals surface area contributed by atoms with Crippen LogP contribution in [0.3, 0.4) is 0 Å². The summed E-state index contributed by atoms with van der Waals surface area (Å²) in [6.07, 6.45) is 0.625. The van der Waals surface area contributed by atoms with E-state index in [1.54, 1.807) is 12.1 Å². The molecule has 0 saturated carbocycles. The molecule has 0 bridgehead atoms. The Morgan fingerprint density at radius 2 is 2.00 bits per heavy atom. The number of aliphatic hydroxyl groups is 1. The Bertz CT molecular complexity index is 388. The zero-order chi connectivity index (χ0) is 13.8. The van der Waals surface area contributed by atoms with Gasteiger partial charge in [-0.05, 0) is 17.9 Å². The summed E-state index contributed by atoms with van der Waals surface area (Å²) < 4.78 is 13.2. The molecule has 0 aliphatic heterocycles. The van der Waals surface area contributed by atoms with Gasteiger partial charge < -0.3 is 15.5 Å². The van der Waals surface area contributed by atoms with Crippen LogP contribution in [0.5, 0.6) is 5.75 Å². The molecule has 0 heterocycles. The fourth-order valence-corrected chi connectivity index (χ4v) is 1.91. The van der Waals surface area contributed by atoms with E-state index in [9.17, 15) is 9.50 Å². The molecule has 0 amide bonds. The first-order valence-corrected chi connectivity index (χ1v) is 6.17. The second-order valence-electron chi connectivity index (χ2n) is 5.56. The number of halogens is 1. The second-order valence-corrected chi connectivity index (χ2v) is 5.56. The third-order valence-electron chi connectivity index (χ3n) is 3.07. The maximum absolute atomic E-state index is 13.2. The lowest BCUT2D eigenvalue weighted by molar-refractivity contribution is 0.196. The molecule has 0 aromatic heterocycles. The monoisotopic (exact) mass is 255 g/mol. The zero-order valence-electron chi connectivity index (χ0n) is 11.2. The first-order valence-electron chi connectivity index (χ1n) is 6.17. The molecule has 1 rings (SSSR count). The Labute approximate surface area is 108 Å². The molecule has 1 aromatic carbocycles. The number of nitrogens with one attached hydrogen (secondary N) is 1. The number of phenols is 1. The van der Waals surface area contributed by atoms with Crippen LogP contribution in [0, 0.1) is 11.2 Å². The van der Waals surface area contributed by atoms with E-state index in [-0.39, 0.29) is 23.8 Å². The van der Waals surface area contributed by atoms with Gasteiger partial charge in [-0.3, -0.25) is 0 Å². The number of hydrogen-bond donors (Lipinski definition) is 3. The van der Waals surface area contributed by atoms with Crippen molar-refractivity contribution in [2.24, 2.45) is 5.41 Å². The highest BCUT2D eigenvalue weighted by molar-refractivity contribution is 5.33. The lowest BCUT2D eigenvalue weighted by Gasteiger charge is -2.31. The summed E-state index contributed by atoms with van der Waals surface area (Å²) in [5, 5.41) is 21.9. The minimum Gasteiger partial charge on any atom is -0.505 e. The molecule has 3 nitrogen and oxygen atoms in total. The van der Waals surface area contributed by atoms with Gasteiger partial charge in [0.05, 0.1) is 0 Å². The minimum absolute atomic E-state index is 0.00826. The van der Waals surface area contributed by atoms with E-state index >= 15 is 0 Å². The lowest BCUT2D eigenvalue weighted by Crippen LogP contribution is -2.40. The molecule has 0 radical (unpaired) electrons. The van der Waals surface area contributed by atoms with Crippen molar-refractivity contribution in [3.05, 3.63) is 29.6 Å². The SMILES string of the molecule is CC(C)(C)C(CCO)NCc1cccc(F)c1O. The average molecular weight is 255 g/mol. The van der Waals surface area contributed by atoms with Crippen molar-refractivity contribution in [3.63, 3.8) is 0 Å². The normalized spacial score (nSPS) is 13.6. The number of aliphatic hydroxyl groups excluding tert-OH is 1. The molecule has 0 aliphatic rings. The molecule has 1 atom stereocenters. The Kier molecular flexibility index (Phi) is 5.11. The summed E-state index contributed by atoms with van der Waals surface area (Å²) >= 11 is 0. The minimum atomic E-state index is -0.608. The number of para-hydroxylation sites is 1. The van der Waals surface area contributed by atoms with Crippen LogP contribution in [0.15, 0.2) is 18.2 Å². The van der Waals surface area contributed by atoms with E-state index < -0.39 is 5.82 Å². The molecule has 1 aromatic rings. The van der Waals surface area contributed by atoms with E-state index in [0.717, 1.165) is 0 Å². The number of phenolic OH excluding ortho intramolecular Hbond substituents is 1. The Hall–Kier alpha value is -1.13. The van der Waals surface area contributed by atoms with Crippen LogP contribution < -0.4 is 5.32 Å². The maximum atomic E-state index is 13.2. The highest BCUT2D eigenvalue weighted by atomic mass is 19.1. The molecule has 102 valence electrons. The molecule has 4 heteroatoms. The van der Waals surface area contributed by atoms with Crippen molar-refractivity contribution >= 4 is 0 Å². The smallest absolute Gasteiger partial charge is 0.165 e. The Morgan fingerprint density at radius 3 is 2.56 bits per heavy atom. The molecule has 0 spiro atoms. The summed E-state index contributed by atoms with van der Waals surface area (Å²) in [7, 11) is 0. The van der Waals surface area contributed by atoms with Gasteiger partial charge in [-0.15, -0.1) is 0 Å². The van der Waals surface area contributed by atoms with Gasteiger partial charge in [0.1, 0.15) is 0 Å². The molecule has 1 unspecified atom stereocenters. The Morgan fingerprint density at radius 1 is 1.33 bits per heavy atom. The van der Waals surface area contributed by atoms with Gasteiger partial charge in [0.25, 0.3) is 0 Å². The van der Waals surface area contributed by atoms with Crippen LogP contribution in [-0.2, 0) is 6.54 Å². The fourth-order valence-electron chi connectivity index (χ4n) is 1.91. The molecule has 0 fully saturated rings. The third-order valence-corrected chi connectivity index (χ3v) is 3.07. The standard InChI is InChI=1S/C14H22FNO2/c1-14(2,3)12(7-8-17)16-9-10-5-4-6-11(15)13(10)18/h4-6,12,16-18H,7-9H2,1-3H3. The predicted molar refractivity (Wildman–Crippen MR) is 69.9 cm³/mol. The van der Waals surface area contributed by atoms with E-state index in [1.165, 1.54) is 6.07 Å². The first kappa shape index (κ1) is 14.9. The van der Waals surface area contributed by atoms with Crippen LogP contribution >= 0.6 is 0 Å². The quantitative estimate of drug-likeness (QED) is 0.757. The summed E-state index contributed by atoms with van der Waals surface area (Å²) in [6.45, 7) is 6.71. The largest absolute Gasteiger partial charge is 0.505 e. The van der Waals surface area contributed by atoms with Crippen molar-refractivity contribution < 1.29 is 14.6 Å². The van der Waals surface area contributed by atoms with Gasteiger partial charge in [0.2, 0.25) is 0 Å². The van der Waals surface area contributed by atoms with Gasteiger partial charge in [-0.1, -0.05) is 32.9 Å². The average Bonchev–Trinajstić information content (AvgIpc) is 2.28. The van der Waals surface area contributed by atoms with Crippen molar-refractivity contribution in [3.8, 4) is 5.75 Å². The Balaban J connectivity index is 2.70. The van der Waals surface area contributed by atoms with Crippen LogP contribution in [0.1, 0.15) is 32.8 Å². The molecule has 3 N–H and O–H groups in total. The molecule has 0 saturated heterocycles. The van der Waals surface area contributed by atoms with Gasteiger partial charge in [-0.25, -0.2) is 4.39 Å². The van der Waals surface area contributed by atoms with Crippen molar-refractivity contribution in [2.75, 3.05) is 6.61 Å². The second kappa shape index (κ2) is 6.16. The maximum Gasteiger partial charge on any atom is 0.165 e. The molecular weight excluding hydrogens is 233 g/mol. The van der Waals surface area contributed by atoms with E-state index in [1.807, 2.05) is 0 Å². The predicted octanol–water partition coefficient (Wildman–Crippen LogP) is 2.42. The lowest BCUT2D eigenvalue weighted by atomic mass is 9.85. The number of rotatable bonds is 5. The topological polar surface area (TPSA) is 52.5 Å². The molecule has 18 heavy (non-hydrogen) atoms. The van der Waals surface area contributed by atoms with Crippen LogP contribution in [0.2, 0.25) is 0 Å². The van der Waals surface area contributed by atoms with Gasteiger partial charge in [0.15, 0.2) is 11.6 Å².